The SMILES string of the molecule is c1ccc2cc(-c3nc(-c4cccc5ccccc45)nc(-c4ccc(-c5cccc6oc7cc8ccccc8cc7c56)c5ccccc45)n3)ccc2c1. The van der Waals surface area contributed by atoms with Crippen molar-refractivity contribution in [1.82, 2.24) is 15.0 Å². The van der Waals surface area contributed by atoms with E-state index in [4.69, 9.17) is 19.4 Å². The number of furan rings is 1. The summed E-state index contributed by atoms with van der Waals surface area (Å²) in [4.78, 5) is 15.6. The van der Waals surface area contributed by atoms with E-state index in [9.17, 15) is 0 Å². The zero-order valence-corrected chi connectivity index (χ0v) is 28.5. The second kappa shape index (κ2) is 11.7. The predicted molar refractivity (Wildman–Crippen MR) is 219 cm³/mol. The van der Waals surface area contributed by atoms with E-state index in [0.717, 1.165) is 76.7 Å². The second-order valence-electron chi connectivity index (χ2n) is 13.6. The van der Waals surface area contributed by atoms with Crippen LogP contribution >= 0.6 is 0 Å². The highest BCUT2D eigenvalue weighted by Crippen LogP contribution is 2.42. The Morgan fingerprint density at radius 1 is 0.302 bits per heavy atom. The molecule has 0 aliphatic rings. The highest BCUT2D eigenvalue weighted by Gasteiger charge is 2.19. The molecule has 0 aliphatic carbocycles. The summed E-state index contributed by atoms with van der Waals surface area (Å²) in [5.74, 6) is 1.91. The number of hydrogen-bond donors (Lipinski definition) is 0. The number of benzene rings is 9. The lowest BCUT2D eigenvalue weighted by atomic mass is 9.92. The number of hydrogen-bond acceptors (Lipinski definition) is 4. The first-order chi connectivity index (χ1) is 26.2. The molecule has 0 bridgehead atoms. The molecule has 246 valence electrons. The van der Waals surface area contributed by atoms with Gasteiger partial charge in [0.1, 0.15) is 11.2 Å². The van der Waals surface area contributed by atoms with Crippen molar-refractivity contribution >= 4 is 65.0 Å². The van der Waals surface area contributed by atoms with Gasteiger partial charge in [-0.05, 0) is 84.5 Å². The molecular formula is C49H29N3O. The van der Waals surface area contributed by atoms with Crippen molar-refractivity contribution in [3.8, 4) is 45.3 Å². The Labute approximate surface area is 304 Å². The van der Waals surface area contributed by atoms with Crippen molar-refractivity contribution in [2.75, 3.05) is 0 Å². The standard InChI is InChI=1S/C49H29N3O/c1-2-13-32-27-35(24-23-30(32)11-1)47-50-48(41-21-9-16-31-12-5-6-17-36(31)41)52-49(51-47)42-26-25-39(37-18-7-8-19-38(37)42)40-20-10-22-44-46(40)43-28-33-14-3-4-15-34(33)29-45(43)53-44/h1-29H. The second-order valence-corrected chi connectivity index (χ2v) is 13.6. The van der Waals surface area contributed by atoms with Crippen molar-refractivity contribution in [2.45, 2.75) is 0 Å². The Balaban J connectivity index is 1.15. The Hall–Kier alpha value is -7.17. The molecule has 0 aliphatic heterocycles. The van der Waals surface area contributed by atoms with Gasteiger partial charge in [0, 0.05) is 27.5 Å². The lowest BCUT2D eigenvalue weighted by Gasteiger charge is -2.14. The Morgan fingerprint density at radius 2 is 0.849 bits per heavy atom. The van der Waals surface area contributed by atoms with Crippen molar-refractivity contribution in [2.24, 2.45) is 0 Å². The molecule has 0 radical (unpaired) electrons. The third-order valence-corrected chi connectivity index (χ3v) is 10.5. The minimum Gasteiger partial charge on any atom is -0.456 e. The smallest absolute Gasteiger partial charge is 0.164 e. The van der Waals surface area contributed by atoms with Crippen LogP contribution in [0.5, 0.6) is 0 Å². The van der Waals surface area contributed by atoms with E-state index in [2.05, 4.69) is 176 Å². The minimum atomic E-state index is 0.632. The summed E-state index contributed by atoms with van der Waals surface area (Å²) in [6.45, 7) is 0. The van der Waals surface area contributed by atoms with Crippen LogP contribution in [0.3, 0.4) is 0 Å². The summed E-state index contributed by atoms with van der Waals surface area (Å²) in [6, 6.07) is 61.6. The van der Waals surface area contributed by atoms with Crippen LogP contribution in [0.1, 0.15) is 0 Å². The van der Waals surface area contributed by atoms with Crippen LogP contribution in [-0.4, -0.2) is 15.0 Å². The summed E-state index contributed by atoms with van der Waals surface area (Å²) >= 11 is 0. The van der Waals surface area contributed by atoms with Crippen molar-refractivity contribution in [1.29, 1.82) is 0 Å². The molecule has 0 fully saturated rings. The van der Waals surface area contributed by atoms with Crippen LogP contribution in [0.2, 0.25) is 0 Å². The lowest BCUT2D eigenvalue weighted by Crippen LogP contribution is -2.01. The molecule has 0 saturated carbocycles. The Bertz CT molecular complexity index is 3250. The predicted octanol–water partition coefficient (Wildman–Crippen LogP) is 13.1. The molecule has 2 aromatic heterocycles. The van der Waals surface area contributed by atoms with E-state index >= 15 is 0 Å². The van der Waals surface area contributed by atoms with Gasteiger partial charge < -0.3 is 4.42 Å². The molecule has 2 heterocycles. The topological polar surface area (TPSA) is 51.8 Å². The highest BCUT2D eigenvalue weighted by atomic mass is 16.3. The Kier molecular flexibility index (Phi) is 6.52. The van der Waals surface area contributed by atoms with Gasteiger partial charge in [0.15, 0.2) is 17.5 Å². The molecule has 0 amide bonds. The Morgan fingerprint density at radius 3 is 1.64 bits per heavy atom. The quantitative estimate of drug-likeness (QED) is 0.186. The molecule has 0 saturated heterocycles. The van der Waals surface area contributed by atoms with Crippen LogP contribution in [-0.2, 0) is 0 Å². The van der Waals surface area contributed by atoms with E-state index in [0.29, 0.717) is 17.5 Å². The zero-order valence-electron chi connectivity index (χ0n) is 28.5. The van der Waals surface area contributed by atoms with Gasteiger partial charge in [-0.15, -0.1) is 0 Å². The molecular weight excluding hydrogens is 647 g/mol. The number of rotatable bonds is 4. The molecule has 9 aromatic carbocycles. The summed E-state index contributed by atoms with van der Waals surface area (Å²) < 4.78 is 6.47. The van der Waals surface area contributed by atoms with Gasteiger partial charge in [-0.2, -0.15) is 0 Å². The average Bonchev–Trinajstić information content (AvgIpc) is 3.59. The van der Waals surface area contributed by atoms with Crippen LogP contribution in [0.4, 0.5) is 0 Å². The van der Waals surface area contributed by atoms with Gasteiger partial charge >= 0.3 is 0 Å². The van der Waals surface area contributed by atoms with E-state index in [1.807, 2.05) is 0 Å². The van der Waals surface area contributed by atoms with Crippen molar-refractivity contribution in [3.05, 3.63) is 176 Å². The minimum absolute atomic E-state index is 0.632. The average molecular weight is 676 g/mol. The molecule has 0 N–H and O–H groups in total. The van der Waals surface area contributed by atoms with Crippen LogP contribution < -0.4 is 0 Å². The molecule has 53 heavy (non-hydrogen) atoms. The fourth-order valence-corrected chi connectivity index (χ4v) is 7.96. The maximum atomic E-state index is 6.47. The third-order valence-electron chi connectivity index (χ3n) is 10.5. The summed E-state index contributed by atoms with van der Waals surface area (Å²) in [5, 5.41) is 11.3. The third kappa shape index (κ3) is 4.80. The molecule has 11 aromatic rings. The van der Waals surface area contributed by atoms with Gasteiger partial charge in [-0.3, -0.25) is 0 Å². The molecule has 0 spiro atoms. The normalized spacial score (nSPS) is 11.8. The molecule has 4 heteroatoms. The van der Waals surface area contributed by atoms with E-state index in [-0.39, 0.29) is 0 Å². The van der Waals surface area contributed by atoms with Gasteiger partial charge in [-0.1, -0.05) is 146 Å². The molecule has 11 rings (SSSR count). The first-order valence-electron chi connectivity index (χ1n) is 17.9. The fourth-order valence-electron chi connectivity index (χ4n) is 7.96. The summed E-state index contributed by atoms with van der Waals surface area (Å²) in [6.07, 6.45) is 0. The number of nitrogens with zero attached hydrogens (tertiary/aromatic N) is 3. The first-order valence-corrected chi connectivity index (χ1v) is 17.9. The van der Waals surface area contributed by atoms with Gasteiger partial charge in [0.2, 0.25) is 0 Å². The first kappa shape index (κ1) is 29.5. The van der Waals surface area contributed by atoms with Crippen molar-refractivity contribution < 1.29 is 4.42 Å². The van der Waals surface area contributed by atoms with Crippen molar-refractivity contribution in [3.63, 3.8) is 0 Å². The van der Waals surface area contributed by atoms with E-state index in [1.54, 1.807) is 0 Å². The molecule has 0 atom stereocenters. The summed E-state index contributed by atoms with van der Waals surface area (Å²) in [5.41, 5.74) is 6.89. The largest absolute Gasteiger partial charge is 0.456 e. The molecule has 0 unspecified atom stereocenters. The van der Waals surface area contributed by atoms with Crippen LogP contribution in [0.25, 0.3) is 110 Å². The fraction of sp³-hybridized carbons (Fsp3) is 0. The van der Waals surface area contributed by atoms with Crippen LogP contribution in [0.15, 0.2) is 180 Å². The zero-order chi connectivity index (χ0) is 34.9. The monoisotopic (exact) mass is 675 g/mol. The number of aromatic nitrogens is 3. The van der Waals surface area contributed by atoms with Gasteiger partial charge in [-0.25, -0.2) is 15.0 Å². The maximum Gasteiger partial charge on any atom is 0.164 e. The van der Waals surface area contributed by atoms with Gasteiger partial charge in [0.05, 0.1) is 0 Å². The van der Waals surface area contributed by atoms with Gasteiger partial charge in [0.25, 0.3) is 0 Å². The lowest BCUT2D eigenvalue weighted by molar-refractivity contribution is 0.669. The maximum absolute atomic E-state index is 6.47. The number of fused-ring (bicyclic) bond motifs is 7. The highest BCUT2D eigenvalue weighted by molar-refractivity contribution is 6.18. The summed E-state index contributed by atoms with van der Waals surface area (Å²) in [7, 11) is 0. The van der Waals surface area contributed by atoms with Crippen LogP contribution in [0, 0.1) is 0 Å². The molecule has 4 nitrogen and oxygen atoms in total. The van der Waals surface area contributed by atoms with E-state index in [1.165, 1.54) is 16.2 Å². The van der Waals surface area contributed by atoms with E-state index < -0.39 is 0 Å².